The molecule has 4 rings (SSSR count). The van der Waals surface area contributed by atoms with Gasteiger partial charge in [0.25, 0.3) is 0 Å². The fraction of sp³-hybridized carbons (Fsp3) is 0.474. The first-order valence-corrected chi connectivity index (χ1v) is 8.25. The van der Waals surface area contributed by atoms with Crippen LogP contribution in [0.3, 0.4) is 0 Å². The van der Waals surface area contributed by atoms with Crippen molar-refractivity contribution in [2.24, 2.45) is 0 Å². The molecule has 0 fully saturated rings. The third-order valence-corrected chi connectivity index (χ3v) is 5.65. The fourth-order valence-electron chi connectivity index (χ4n) is 4.44. The molecule has 3 atom stereocenters. The van der Waals surface area contributed by atoms with Crippen LogP contribution in [-0.2, 0) is 15.0 Å². The SMILES string of the molecule is COc1cc2c(cc1O)C(OC)CN1CC=C3C=CC(OC)CC321. The molecule has 0 radical (unpaired) electrons. The summed E-state index contributed by atoms with van der Waals surface area (Å²) >= 11 is 0. The van der Waals surface area contributed by atoms with Gasteiger partial charge in [0.15, 0.2) is 11.5 Å². The number of nitrogens with zero attached hydrogens (tertiary/aromatic N) is 1. The fourth-order valence-corrected chi connectivity index (χ4v) is 4.44. The van der Waals surface area contributed by atoms with Gasteiger partial charge in [-0.3, -0.25) is 4.90 Å². The summed E-state index contributed by atoms with van der Waals surface area (Å²) in [7, 11) is 5.05. The molecule has 5 nitrogen and oxygen atoms in total. The minimum atomic E-state index is -0.235. The summed E-state index contributed by atoms with van der Waals surface area (Å²) in [6.07, 6.45) is 7.43. The molecule has 1 aromatic rings. The van der Waals surface area contributed by atoms with Crippen LogP contribution in [0.5, 0.6) is 11.5 Å². The maximum atomic E-state index is 10.3. The van der Waals surface area contributed by atoms with Crippen molar-refractivity contribution in [3.8, 4) is 11.5 Å². The van der Waals surface area contributed by atoms with Gasteiger partial charge in [0.05, 0.1) is 24.9 Å². The van der Waals surface area contributed by atoms with Gasteiger partial charge in [-0.25, -0.2) is 0 Å². The molecule has 2 aliphatic heterocycles. The summed E-state index contributed by atoms with van der Waals surface area (Å²) in [5.41, 5.74) is 3.23. The molecule has 3 aliphatic rings. The summed E-state index contributed by atoms with van der Waals surface area (Å²) < 4.78 is 16.7. The normalized spacial score (nSPS) is 31.2. The first-order chi connectivity index (χ1) is 11.6. The van der Waals surface area contributed by atoms with E-state index in [1.165, 1.54) is 5.57 Å². The van der Waals surface area contributed by atoms with Crippen LogP contribution < -0.4 is 4.74 Å². The number of aromatic hydroxyl groups is 1. The van der Waals surface area contributed by atoms with Gasteiger partial charge in [-0.2, -0.15) is 0 Å². The Morgan fingerprint density at radius 1 is 1.21 bits per heavy atom. The predicted molar refractivity (Wildman–Crippen MR) is 90.3 cm³/mol. The highest BCUT2D eigenvalue weighted by atomic mass is 16.5. The number of phenolic OH excluding ortho intramolecular Hbond substituents is 1. The molecule has 5 heteroatoms. The summed E-state index contributed by atoms with van der Waals surface area (Å²) in [6.45, 7) is 1.68. The highest BCUT2D eigenvalue weighted by Crippen LogP contribution is 2.54. The number of hydrogen-bond donors (Lipinski definition) is 1. The van der Waals surface area contributed by atoms with Crippen LogP contribution in [0.4, 0.5) is 0 Å². The number of benzene rings is 1. The van der Waals surface area contributed by atoms with E-state index in [1.54, 1.807) is 27.4 Å². The maximum Gasteiger partial charge on any atom is 0.160 e. The molecule has 0 saturated heterocycles. The van der Waals surface area contributed by atoms with Gasteiger partial charge in [0.2, 0.25) is 0 Å². The Morgan fingerprint density at radius 3 is 2.75 bits per heavy atom. The number of methoxy groups -OCH3 is 3. The van der Waals surface area contributed by atoms with Crippen molar-refractivity contribution in [2.45, 2.75) is 24.2 Å². The van der Waals surface area contributed by atoms with Crippen LogP contribution in [0.15, 0.2) is 35.9 Å². The number of hydrogen-bond acceptors (Lipinski definition) is 5. The molecule has 0 amide bonds. The molecule has 1 aromatic carbocycles. The third kappa shape index (κ3) is 1.98. The van der Waals surface area contributed by atoms with E-state index in [0.717, 1.165) is 30.6 Å². The lowest BCUT2D eigenvalue weighted by molar-refractivity contribution is -0.00662. The Labute approximate surface area is 142 Å². The number of fused-ring (bicyclic) bond motifs is 1. The Bertz CT molecular complexity index is 726. The summed E-state index contributed by atoms with van der Waals surface area (Å²) in [5, 5.41) is 10.3. The van der Waals surface area contributed by atoms with Gasteiger partial charge in [0, 0.05) is 33.7 Å². The monoisotopic (exact) mass is 329 g/mol. The lowest BCUT2D eigenvalue weighted by atomic mass is 9.70. The Morgan fingerprint density at radius 2 is 2.04 bits per heavy atom. The molecule has 2 heterocycles. The molecule has 0 bridgehead atoms. The van der Waals surface area contributed by atoms with Crippen LogP contribution >= 0.6 is 0 Å². The smallest absolute Gasteiger partial charge is 0.160 e. The van der Waals surface area contributed by atoms with E-state index in [4.69, 9.17) is 14.2 Å². The zero-order valence-corrected chi connectivity index (χ0v) is 14.3. The van der Waals surface area contributed by atoms with Gasteiger partial charge < -0.3 is 19.3 Å². The van der Waals surface area contributed by atoms with E-state index in [1.807, 2.05) is 6.07 Å². The quantitative estimate of drug-likeness (QED) is 0.923. The summed E-state index contributed by atoms with van der Waals surface area (Å²) in [6, 6.07) is 3.76. The van der Waals surface area contributed by atoms with Crippen molar-refractivity contribution in [3.05, 3.63) is 47.1 Å². The first kappa shape index (κ1) is 15.7. The van der Waals surface area contributed by atoms with Crippen LogP contribution in [-0.4, -0.2) is 50.5 Å². The van der Waals surface area contributed by atoms with Crippen molar-refractivity contribution in [2.75, 3.05) is 34.4 Å². The van der Waals surface area contributed by atoms with E-state index in [2.05, 4.69) is 23.1 Å². The number of ether oxygens (including phenoxy) is 3. The predicted octanol–water partition coefficient (Wildman–Crippen LogP) is 2.51. The van der Waals surface area contributed by atoms with Crippen molar-refractivity contribution in [1.82, 2.24) is 4.90 Å². The Kier molecular flexibility index (Phi) is 3.67. The zero-order valence-electron chi connectivity index (χ0n) is 14.3. The molecular formula is C19H23NO4. The van der Waals surface area contributed by atoms with Crippen molar-refractivity contribution >= 4 is 0 Å². The van der Waals surface area contributed by atoms with Crippen molar-refractivity contribution < 1.29 is 19.3 Å². The average Bonchev–Trinajstić information content (AvgIpc) is 2.98. The number of rotatable bonds is 3. The lowest BCUT2D eigenvalue weighted by Crippen LogP contribution is -2.52. The average molecular weight is 329 g/mol. The lowest BCUT2D eigenvalue weighted by Gasteiger charge is -2.50. The van der Waals surface area contributed by atoms with Crippen LogP contribution in [0, 0.1) is 0 Å². The van der Waals surface area contributed by atoms with E-state index in [9.17, 15) is 5.11 Å². The van der Waals surface area contributed by atoms with E-state index in [-0.39, 0.29) is 23.5 Å². The second-order valence-corrected chi connectivity index (χ2v) is 6.60. The molecule has 24 heavy (non-hydrogen) atoms. The second-order valence-electron chi connectivity index (χ2n) is 6.60. The van der Waals surface area contributed by atoms with Gasteiger partial charge >= 0.3 is 0 Å². The van der Waals surface area contributed by atoms with Crippen LogP contribution in [0.1, 0.15) is 23.7 Å². The standard InChI is InChI=1S/C19H23NO4/c1-22-13-5-4-12-6-7-20-11-18(24-3)14-8-16(21)17(23-2)9-15(14)19(12,20)10-13/h4-6,8-9,13,18,21H,7,10-11H2,1-3H3. The van der Waals surface area contributed by atoms with Gasteiger partial charge in [0.1, 0.15) is 0 Å². The van der Waals surface area contributed by atoms with Crippen molar-refractivity contribution in [1.29, 1.82) is 0 Å². The van der Waals surface area contributed by atoms with E-state index >= 15 is 0 Å². The second kappa shape index (κ2) is 5.62. The highest BCUT2D eigenvalue weighted by molar-refractivity contribution is 5.58. The molecule has 0 aromatic heterocycles. The molecule has 128 valence electrons. The highest BCUT2D eigenvalue weighted by Gasteiger charge is 2.52. The van der Waals surface area contributed by atoms with Crippen LogP contribution in [0.2, 0.25) is 0 Å². The minimum Gasteiger partial charge on any atom is -0.504 e. The van der Waals surface area contributed by atoms with E-state index in [0.29, 0.717) is 5.75 Å². The minimum absolute atomic E-state index is 0.0643. The van der Waals surface area contributed by atoms with E-state index < -0.39 is 0 Å². The first-order valence-electron chi connectivity index (χ1n) is 8.25. The summed E-state index contributed by atoms with van der Waals surface area (Å²) in [5.74, 6) is 0.649. The topological polar surface area (TPSA) is 51.2 Å². The van der Waals surface area contributed by atoms with Crippen LogP contribution in [0.25, 0.3) is 0 Å². The molecule has 3 unspecified atom stereocenters. The molecular weight excluding hydrogens is 306 g/mol. The maximum absolute atomic E-state index is 10.3. The van der Waals surface area contributed by atoms with Gasteiger partial charge in [-0.15, -0.1) is 0 Å². The van der Waals surface area contributed by atoms with Gasteiger partial charge in [-0.05, 0) is 28.8 Å². The molecule has 0 saturated carbocycles. The Balaban J connectivity index is 1.94. The number of phenols is 1. The third-order valence-electron chi connectivity index (χ3n) is 5.65. The van der Waals surface area contributed by atoms with Crippen molar-refractivity contribution in [3.63, 3.8) is 0 Å². The largest absolute Gasteiger partial charge is 0.504 e. The molecule has 1 N–H and O–H groups in total. The molecule has 1 spiro atoms. The Hall–Kier alpha value is -1.82. The summed E-state index contributed by atoms with van der Waals surface area (Å²) in [4.78, 5) is 2.45. The zero-order chi connectivity index (χ0) is 16.9. The molecule has 1 aliphatic carbocycles. The van der Waals surface area contributed by atoms with Gasteiger partial charge in [-0.1, -0.05) is 18.2 Å².